The largest absolute Gasteiger partial charge is 0.355 e. The fourth-order valence-electron chi connectivity index (χ4n) is 4.26. The van der Waals surface area contributed by atoms with Crippen molar-refractivity contribution in [3.63, 3.8) is 0 Å². The van der Waals surface area contributed by atoms with Gasteiger partial charge in [-0.1, -0.05) is 37.3 Å². The summed E-state index contributed by atoms with van der Waals surface area (Å²) < 4.78 is 0. The van der Waals surface area contributed by atoms with Gasteiger partial charge in [0.25, 0.3) is 0 Å². The summed E-state index contributed by atoms with van der Waals surface area (Å²) in [6.07, 6.45) is 2.61. The maximum Gasteiger partial charge on any atom is 0.191 e. The van der Waals surface area contributed by atoms with Gasteiger partial charge in [0.15, 0.2) is 5.96 Å². The van der Waals surface area contributed by atoms with E-state index in [1.54, 1.807) is 0 Å². The van der Waals surface area contributed by atoms with Crippen LogP contribution < -0.4 is 10.6 Å². The molecule has 2 heterocycles. The van der Waals surface area contributed by atoms with Gasteiger partial charge < -0.3 is 15.5 Å². The smallest absolute Gasteiger partial charge is 0.191 e. The molecule has 1 unspecified atom stereocenters. The highest BCUT2D eigenvalue weighted by atomic mass is 127. The molecular weight excluding hydrogens is 475 g/mol. The fourth-order valence-corrected chi connectivity index (χ4v) is 4.26. The third kappa shape index (κ3) is 7.70. The van der Waals surface area contributed by atoms with Crippen molar-refractivity contribution < 1.29 is 0 Å². The van der Waals surface area contributed by atoms with Crippen molar-refractivity contribution in [3.8, 4) is 0 Å². The second kappa shape index (κ2) is 13.4. The van der Waals surface area contributed by atoms with E-state index in [1.807, 2.05) is 7.05 Å². The Morgan fingerprint density at radius 2 is 1.62 bits per heavy atom. The Morgan fingerprint density at radius 1 is 0.966 bits per heavy atom. The van der Waals surface area contributed by atoms with Crippen LogP contribution in [-0.4, -0.2) is 93.2 Å². The van der Waals surface area contributed by atoms with Crippen LogP contribution in [0.15, 0.2) is 35.3 Å². The predicted octanol–water partition coefficient (Wildman–Crippen LogP) is 2.24. The Balaban J connectivity index is 0.00000300. The van der Waals surface area contributed by atoms with Crippen molar-refractivity contribution in [2.45, 2.75) is 25.8 Å². The summed E-state index contributed by atoms with van der Waals surface area (Å²) in [7, 11) is 1.86. The molecule has 2 saturated heterocycles. The lowest BCUT2D eigenvalue weighted by Gasteiger charge is -2.34. The van der Waals surface area contributed by atoms with E-state index >= 15 is 0 Å². The number of likely N-dealkylation sites (N-methyl/N-ethyl adjacent to an activating group) is 1. The van der Waals surface area contributed by atoms with E-state index in [0.29, 0.717) is 6.04 Å². The van der Waals surface area contributed by atoms with Crippen LogP contribution in [-0.2, 0) is 0 Å². The summed E-state index contributed by atoms with van der Waals surface area (Å²) in [5.41, 5.74) is 1.39. The third-order valence-electron chi connectivity index (χ3n) is 6.08. The van der Waals surface area contributed by atoms with Gasteiger partial charge in [-0.3, -0.25) is 14.8 Å². The van der Waals surface area contributed by atoms with Crippen LogP contribution in [0.3, 0.4) is 0 Å². The van der Waals surface area contributed by atoms with Crippen LogP contribution in [0.4, 0.5) is 0 Å². The molecule has 7 heteroatoms. The lowest BCUT2D eigenvalue weighted by atomic mass is 10.1. The molecule has 3 rings (SSSR count). The van der Waals surface area contributed by atoms with Gasteiger partial charge >= 0.3 is 0 Å². The number of rotatable bonds is 8. The number of halogens is 1. The predicted molar refractivity (Wildman–Crippen MR) is 133 cm³/mol. The van der Waals surface area contributed by atoms with Gasteiger partial charge in [0.05, 0.1) is 6.04 Å². The number of nitrogens with zero attached hydrogens (tertiary/aromatic N) is 4. The number of guanidine groups is 1. The lowest BCUT2D eigenvalue weighted by molar-refractivity contribution is 0.139. The van der Waals surface area contributed by atoms with Crippen LogP contribution in [0.25, 0.3) is 0 Å². The fraction of sp³-hybridized carbons (Fsp3) is 0.682. The van der Waals surface area contributed by atoms with E-state index in [2.05, 4.69) is 67.6 Å². The number of benzene rings is 1. The summed E-state index contributed by atoms with van der Waals surface area (Å²) in [4.78, 5) is 12.1. The second-order valence-electron chi connectivity index (χ2n) is 7.83. The summed E-state index contributed by atoms with van der Waals surface area (Å²) in [5, 5.41) is 7.07. The van der Waals surface area contributed by atoms with E-state index in [9.17, 15) is 0 Å². The van der Waals surface area contributed by atoms with Gasteiger partial charge in [-0.05, 0) is 38.0 Å². The Morgan fingerprint density at radius 3 is 2.24 bits per heavy atom. The quantitative estimate of drug-likeness (QED) is 0.317. The van der Waals surface area contributed by atoms with Crippen molar-refractivity contribution in [1.82, 2.24) is 25.3 Å². The number of hydrogen-bond donors (Lipinski definition) is 2. The Hall–Kier alpha value is -0.900. The van der Waals surface area contributed by atoms with Crippen LogP contribution in [0.5, 0.6) is 0 Å². The Bertz CT molecular complexity index is 582. The topological polar surface area (TPSA) is 46.1 Å². The summed E-state index contributed by atoms with van der Waals surface area (Å²) >= 11 is 0. The average molecular weight is 515 g/mol. The Kier molecular flexibility index (Phi) is 11.3. The summed E-state index contributed by atoms with van der Waals surface area (Å²) in [5.74, 6) is 0.910. The molecular formula is C22H39IN6. The van der Waals surface area contributed by atoms with Gasteiger partial charge in [-0.2, -0.15) is 0 Å². The van der Waals surface area contributed by atoms with Crippen molar-refractivity contribution >= 4 is 29.9 Å². The van der Waals surface area contributed by atoms with Gasteiger partial charge in [-0.15, -0.1) is 24.0 Å². The molecule has 0 spiro atoms. The third-order valence-corrected chi connectivity index (χ3v) is 6.08. The van der Waals surface area contributed by atoms with Crippen molar-refractivity contribution in [2.75, 3.05) is 72.5 Å². The van der Waals surface area contributed by atoms with E-state index < -0.39 is 0 Å². The van der Waals surface area contributed by atoms with E-state index in [1.165, 1.54) is 64.2 Å². The van der Waals surface area contributed by atoms with Crippen molar-refractivity contribution in [1.29, 1.82) is 0 Å². The highest BCUT2D eigenvalue weighted by Crippen LogP contribution is 2.24. The molecule has 2 aliphatic rings. The first-order valence-electron chi connectivity index (χ1n) is 11.0. The van der Waals surface area contributed by atoms with Gasteiger partial charge in [0.1, 0.15) is 0 Å². The number of nitrogens with one attached hydrogen (secondary N) is 2. The maximum absolute atomic E-state index is 4.44. The Labute approximate surface area is 194 Å². The van der Waals surface area contributed by atoms with E-state index in [4.69, 9.17) is 0 Å². The van der Waals surface area contributed by atoms with Gasteiger partial charge in [-0.25, -0.2) is 0 Å². The first-order chi connectivity index (χ1) is 13.8. The highest BCUT2D eigenvalue weighted by molar-refractivity contribution is 14.0. The minimum Gasteiger partial charge on any atom is -0.355 e. The van der Waals surface area contributed by atoms with Gasteiger partial charge in [0, 0.05) is 52.9 Å². The zero-order valence-corrected chi connectivity index (χ0v) is 20.5. The van der Waals surface area contributed by atoms with E-state index in [-0.39, 0.29) is 24.0 Å². The molecule has 0 aromatic heterocycles. The molecule has 0 radical (unpaired) electrons. The molecule has 6 nitrogen and oxygen atoms in total. The first kappa shape index (κ1) is 24.4. The molecule has 2 fully saturated rings. The standard InChI is InChI=1S/C22H38N6.HI/c1-3-26-15-17-27(18-16-26)14-11-24-22(23-2)25-19-21(28-12-7-8-13-28)20-9-5-4-6-10-20;/h4-6,9-10,21H,3,7-8,11-19H2,1-2H3,(H2,23,24,25);1H. The van der Waals surface area contributed by atoms with Crippen LogP contribution in [0.2, 0.25) is 0 Å². The minimum absolute atomic E-state index is 0. The molecule has 0 bridgehead atoms. The number of aliphatic imine (C=N–C) groups is 1. The maximum atomic E-state index is 4.44. The van der Waals surface area contributed by atoms with E-state index in [0.717, 1.165) is 25.6 Å². The first-order valence-corrected chi connectivity index (χ1v) is 11.0. The normalized spacial score (nSPS) is 20.3. The zero-order chi connectivity index (χ0) is 19.6. The second-order valence-corrected chi connectivity index (χ2v) is 7.83. The SMILES string of the molecule is CCN1CCN(CCNC(=NC)NCC(c2ccccc2)N2CCCC2)CC1.I. The molecule has 1 atom stereocenters. The number of likely N-dealkylation sites (tertiary alicyclic amines) is 1. The minimum atomic E-state index is 0. The summed E-state index contributed by atoms with van der Waals surface area (Å²) in [6, 6.07) is 11.3. The zero-order valence-electron chi connectivity index (χ0n) is 18.1. The molecule has 0 amide bonds. The number of piperazine rings is 1. The molecule has 1 aromatic rings. The molecule has 29 heavy (non-hydrogen) atoms. The van der Waals surface area contributed by atoms with Crippen molar-refractivity contribution in [3.05, 3.63) is 35.9 Å². The number of hydrogen-bond acceptors (Lipinski definition) is 4. The molecule has 1 aromatic carbocycles. The molecule has 164 valence electrons. The van der Waals surface area contributed by atoms with Gasteiger partial charge in [0.2, 0.25) is 0 Å². The average Bonchev–Trinajstić information content (AvgIpc) is 3.28. The summed E-state index contributed by atoms with van der Waals surface area (Å²) in [6.45, 7) is 13.4. The van der Waals surface area contributed by atoms with Crippen LogP contribution >= 0.6 is 24.0 Å². The molecule has 0 saturated carbocycles. The molecule has 0 aliphatic carbocycles. The molecule has 2 aliphatic heterocycles. The van der Waals surface area contributed by atoms with Crippen LogP contribution in [0.1, 0.15) is 31.4 Å². The molecule has 2 N–H and O–H groups in total. The lowest BCUT2D eigenvalue weighted by Crippen LogP contribution is -2.49. The van der Waals surface area contributed by atoms with Crippen molar-refractivity contribution in [2.24, 2.45) is 4.99 Å². The highest BCUT2D eigenvalue weighted by Gasteiger charge is 2.23. The monoisotopic (exact) mass is 514 g/mol. The van der Waals surface area contributed by atoms with Crippen LogP contribution in [0, 0.1) is 0 Å².